The monoisotopic (exact) mass is 320 g/mol. The summed E-state index contributed by atoms with van der Waals surface area (Å²) in [4.78, 5) is 36.0. The van der Waals surface area contributed by atoms with E-state index in [4.69, 9.17) is 9.47 Å². The average molecular weight is 320 g/mol. The first-order valence-electron chi connectivity index (χ1n) is 7.61. The SMILES string of the molecule is C=C1C(=O)O[C@H]2[C@H]1[C@@H](OC(C)=O)C[C@@]1(C)C(=O)C=C[C@@](C)(O)[C@H]21. The number of ether oxygens (including phenoxy) is 2. The molecule has 3 rings (SSSR count). The number of allylic oxidation sites excluding steroid dienone is 1. The van der Waals surface area contributed by atoms with Gasteiger partial charge in [-0.05, 0) is 25.5 Å². The minimum absolute atomic E-state index is 0.168. The van der Waals surface area contributed by atoms with Crippen molar-refractivity contribution in [3.8, 4) is 0 Å². The minimum Gasteiger partial charge on any atom is -0.462 e. The van der Waals surface area contributed by atoms with Crippen LogP contribution in [0.4, 0.5) is 0 Å². The van der Waals surface area contributed by atoms with Crippen LogP contribution in [0.25, 0.3) is 0 Å². The average Bonchev–Trinajstić information content (AvgIpc) is 2.69. The van der Waals surface area contributed by atoms with E-state index in [0.717, 1.165) is 0 Å². The fourth-order valence-corrected chi connectivity index (χ4v) is 4.45. The second-order valence-corrected chi connectivity index (χ2v) is 7.09. The lowest BCUT2D eigenvalue weighted by Gasteiger charge is -2.53. The summed E-state index contributed by atoms with van der Waals surface area (Å²) < 4.78 is 10.8. The topological polar surface area (TPSA) is 89.9 Å². The molecule has 1 N–H and O–H groups in total. The maximum Gasteiger partial charge on any atom is 0.334 e. The molecule has 2 aliphatic carbocycles. The van der Waals surface area contributed by atoms with E-state index in [1.807, 2.05) is 0 Å². The molecule has 6 atom stereocenters. The molecule has 0 bridgehead atoms. The molecular formula is C17H20O6. The van der Waals surface area contributed by atoms with Crippen molar-refractivity contribution in [3.05, 3.63) is 24.3 Å². The zero-order valence-corrected chi connectivity index (χ0v) is 13.4. The molecule has 3 aliphatic rings. The molecule has 1 heterocycles. The number of rotatable bonds is 1. The number of ketones is 1. The van der Waals surface area contributed by atoms with E-state index in [0.29, 0.717) is 0 Å². The first-order chi connectivity index (χ1) is 10.6. The Morgan fingerprint density at radius 1 is 1.43 bits per heavy atom. The van der Waals surface area contributed by atoms with Crippen molar-refractivity contribution in [3.63, 3.8) is 0 Å². The van der Waals surface area contributed by atoms with Gasteiger partial charge in [0, 0.05) is 23.8 Å². The summed E-state index contributed by atoms with van der Waals surface area (Å²) in [5, 5.41) is 10.8. The Hall–Kier alpha value is -1.95. The van der Waals surface area contributed by atoms with Crippen LogP contribution in [-0.4, -0.2) is 40.6 Å². The molecular weight excluding hydrogens is 300 g/mol. The first-order valence-corrected chi connectivity index (χ1v) is 7.61. The van der Waals surface area contributed by atoms with Gasteiger partial charge in [-0.15, -0.1) is 0 Å². The Kier molecular flexibility index (Phi) is 3.30. The lowest BCUT2D eigenvalue weighted by molar-refractivity contribution is -0.188. The van der Waals surface area contributed by atoms with Crippen LogP contribution in [0.2, 0.25) is 0 Å². The highest BCUT2D eigenvalue weighted by Crippen LogP contribution is 2.56. The number of hydrogen-bond acceptors (Lipinski definition) is 6. The van der Waals surface area contributed by atoms with Crippen molar-refractivity contribution in [1.29, 1.82) is 0 Å². The van der Waals surface area contributed by atoms with E-state index in [1.54, 1.807) is 13.8 Å². The molecule has 0 radical (unpaired) electrons. The number of esters is 2. The van der Waals surface area contributed by atoms with Crippen LogP contribution in [0.1, 0.15) is 27.2 Å². The summed E-state index contributed by atoms with van der Waals surface area (Å²) in [6.07, 6.45) is 1.59. The molecule has 124 valence electrons. The minimum atomic E-state index is -1.31. The zero-order chi connectivity index (χ0) is 17.2. The van der Waals surface area contributed by atoms with E-state index in [2.05, 4.69) is 6.58 Å². The van der Waals surface area contributed by atoms with Gasteiger partial charge < -0.3 is 14.6 Å². The van der Waals surface area contributed by atoms with Gasteiger partial charge in [-0.2, -0.15) is 0 Å². The van der Waals surface area contributed by atoms with Gasteiger partial charge in [-0.3, -0.25) is 9.59 Å². The third-order valence-electron chi connectivity index (χ3n) is 5.38. The van der Waals surface area contributed by atoms with E-state index in [9.17, 15) is 19.5 Å². The number of fused-ring (bicyclic) bond motifs is 3. The Labute approximate surface area is 134 Å². The molecule has 0 aromatic rings. The quantitative estimate of drug-likeness (QED) is 0.571. The maximum absolute atomic E-state index is 12.5. The van der Waals surface area contributed by atoms with Gasteiger partial charge >= 0.3 is 11.9 Å². The van der Waals surface area contributed by atoms with Crippen LogP contribution in [-0.2, 0) is 23.9 Å². The number of hydrogen-bond donors (Lipinski definition) is 1. The molecule has 6 heteroatoms. The largest absolute Gasteiger partial charge is 0.462 e. The van der Waals surface area contributed by atoms with Crippen LogP contribution in [0.3, 0.4) is 0 Å². The fourth-order valence-electron chi connectivity index (χ4n) is 4.45. The van der Waals surface area contributed by atoms with Crippen molar-refractivity contribution >= 4 is 17.7 Å². The summed E-state index contributed by atoms with van der Waals surface area (Å²) >= 11 is 0. The van der Waals surface area contributed by atoms with Crippen LogP contribution in [0.15, 0.2) is 24.3 Å². The van der Waals surface area contributed by atoms with Crippen LogP contribution >= 0.6 is 0 Å². The lowest BCUT2D eigenvalue weighted by Crippen LogP contribution is -2.62. The van der Waals surface area contributed by atoms with Gasteiger partial charge in [0.2, 0.25) is 0 Å². The van der Waals surface area contributed by atoms with Crippen LogP contribution in [0.5, 0.6) is 0 Å². The smallest absolute Gasteiger partial charge is 0.334 e. The standard InChI is InChI=1S/C17H20O6/c1-8-12-10(22-9(2)18)7-16(3)11(19)5-6-17(4,21)14(16)13(12)23-15(8)20/h5-6,10,12-14,21H,1,7H2,2-4H3/t10-,12+,13-,14+,16-,17+/m0/s1. The second kappa shape index (κ2) is 4.77. The molecule has 0 amide bonds. The van der Waals surface area contributed by atoms with Crippen LogP contribution in [0, 0.1) is 17.3 Å². The van der Waals surface area contributed by atoms with Gasteiger partial charge in [-0.1, -0.05) is 13.5 Å². The summed E-state index contributed by atoms with van der Waals surface area (Å²) in [6, 6.07) is 0. The summed E-state index contributed by atoms with van der Waals surface area (Å²) in [7, 11) is 0. The highest BCUT2D eigenvalue weighted by molar-refractivity contribution is 5.97. The van der Waals surface area contributed by atoms with Gasteiger partial charge in [0.25, 0.3) is 0 Å². The van der Waals surface area contributed by atoms with Gasteiger partial charge in [0.05, 0.1) is 11.5 Å². The molecule has 0 spiro atoms. The normalized spacial score (nSPS) is 45.3. The predicted molar refractivity (Wildman–Crippen MR) is 79.0 cm³/mol. The molecule has 23 heavy (non-hydrogen) atoms. The number of carbonyl (C=O) groups excluding carboxylic acids is 3. The third-order valence-corrected chi connectivity index (χ3v) is 5.38. The molecule has 1 saturated carbocycles. The second-order valence-electron chi connectivity index (χ2n) is 7.09. The fraction of sp³-hybridized carbons (Fsp3) is 0.588. The highest BCUT2D eigenvalue weighted by Gasteiger charge is 2.65. The third kappa shape index (κ3) is 2.16. The highest BCUT2D eigenvalue weighted by atomic mass is 16.6. The Morgan fingerprint density at radius 2 is 2.09 bits per heavy atom. The van der Waals surface area contributed by atoms with Crippen LogP contribution < -0.4 is 0 Å². The summed E-state index contributed by atoms with van der Waals surface area (Å²) in [6.45, 7) is 8.35. The van der Waals surface area contributed by atoms with E-state index >= 15 is 0 Å². The van der Waals surface area contributed by atoms with E-state index in [-0.39, 0.29) is 17.8 Å². The lowest BCUT2D eigenvalue weighted by atomic mass is 9.53. The first kappa shape index (κ1) is 15.9. The summed E-state index contributed by atoms with van der Waals surface area (Å²) in [5.74, 6) is -2.39. The Balaban J connectivity index is 2.12. The number of carbonyl (C=O) groups is 3. The zero-order valence-electron chi connectivity index (χ0n) is 13.4. The Bertz CT molecular complexity index is 645. The predicted octanol–water partition coefficient (Wildman–Crippen LogP) is 0.932. The van der Waals surface area contributed by atoms with Gasteiger partial charge in [0.1, 0.15) is 12.2 Å². The Morgan fingerprint density at radius 3 is 2.70 bits per heavy atom. The molecule has 1 aliphatic heterocycles. The van der Waals surface area contributed by atoms with Gasteiger partial charge in [-0.25, -0.2) is 4.79 Å². The van der Waals surface area contributed by atoms with E-state index in [1.165, 1.54) is 19.1 Å². The van der Waals surface area contributed by atoms with Gasteiger partial charge in [0.15, 0.2) is 5.78 Å². The molecule has 6 nitrogen and oxygen atoms in total. The summed E-state index contributed by atoms with van der Waals surface area (Å²) in [5.41, 5.74) is -2.07. The van der Waals surface area contributed by atoms with Crippen molar-refractivity contribution in [2.24, 2.45) is 17.3 Å². The van der Waals surface area contributed by atoms with Crippen molar-refractivity contribution in [2.75, 3.05) is 0 Å². The molecule has 0 aromatic carbocycles. The van der Waals surface area contributed by atoms with E-state index < -0.39 is 47.0 Å². The maximum atomic E-state index is 12.5. The van der Waals surface area contributed by atoms with Crippen molar-refractivity contribution < 1.29 is 29.0 Å². The molecule has 1 saturated heterocycles. The van der Waals surface area contributed by atoms with Crippen molar-refractivity contribution in [2.45, 2.75) is 45.0 Å². The molecule has 0 unspecified atom stereocenters. The number of aliphatic hydroxyl groups is 1. The molecule has 0 aromatic heterocycles. The van der Waals surface area contributed by atoms with Crippen molar-refractivity contribution in [1.82, 2.24) is 0 Å². The molecule has 2 fully saturated rings.